The second-order valence-electron chi connectivity index (χ2n) is 8.21. The highest BCUT2D eigenvalue weighted by atomic mass is 35.5. The minimum atomic E-state index is -3.97. The molecule has 0 aliphatic heterocycles. The van der Waals surface area contributed by atoms with Crippen molar-refractivity contribution in [2.45, 2.75) is 18.0 Å². The van der Waals surface area contributed by atoms with Crippen molar-refractivity contribution in [2.24, 2.45) is 0 Å². The van der Waals surface area contributed by atoms with Crippen LogP contribution in [0.15, 0.2) is 108 Å². The molecule has 0 aliphatic carbocycles. The van der Waals surface area contributed by atoms with Gasteiger partial charge in [-0.3, -0.25) is 9.52 Å². The van der Waals surface area contributed by atoms with Crippen LogP contribution in [-0.2, 0) is 27.9 Å². The van der Waals surface area contributed by atoms with Crippen LogP contribution in [0, 0.1) is 5.82 Å². The molecule has 1 amide bonds. The van der Waals surface area contributed by atoms with Gasteiger partial charge < -0.3 is 9.64 Å². The Morgan fingerprint density at radius 1 is 0.838 bits per heavy atom. The van der Waals surface area contributed by atoms with Crippen molar-refractivity contribution < 1.29 is 22.3 Å². The van der Waals surface area contributed by atoms with Crippen LogP contribution in [0.5, 0.6) is 5.75 Å². The summed E-state index contributed by atoms with van der Waals surface area (Å²) < 4.78 is 46.5. The fourth-order valence-electron chi connectivity index (χ4n) is 3.57. The Morgan fingerprint density at radius 2 is 1.41 bits per heavy atom. The van der Waals surface area contributed by atoms with Crippen molar-refractivity contribution in [1.29, 1.82) is 0 Å². The monoisotopic (exact) mass is 538 g/mol. The third-order valence-corrected chi connectivity index (χ3v) is 7.12. The fraction of sp³-hybridized carbons (Fsp3) is 0.107. The molecule has 0 saturated heterocycles. The minimum absolute atomic E-state index is 0.0347. The molecule has 0 aliphatic rings. The molecule has 6 nitrogen and oxygen atoms in total. The predicted molar refractivity (Wildman–Crippen MR) is 141 cm³/mol. The molecule has 0 saturated carbocycles. The SMILES string of the molecule is O=C(COc1ccc(S(=O)(=O)Nc2ccc(F)cc2)cc1Cl)N(Cc1ccccc1)Cc1ccccc1. The normalized spacial score (nSPS) is 11.1. The number of nitrogens with zero attached hydrogens (tertiary/aromatic N) is 1. The van der Waals surface area contributed by atoms with Crippen molar-refractivity contribution >= 4 is 33.2 Å². The van der Waals surface area contributed by atoms with E-state index in [2.05, 4.69) is 4.72 Å². The smallest absolute Gasteiger partial charge is 0.261 e. The zero-order valence-corrected chi connectivity index (χ0v) is 21.3. The van der Waals surface area contributed by atoms with Gasteiger partial charge >= 0.3 is 0 Å². The highest BCUT2D eigenvalue weighted by molar-refractivity contribution is 7.92. The molecule has 1 N–H and O–H groups in total. The number of amides is 1. The number of hydrogen-bond acceptors (Lipinski definition) is 4. The fourth-order valence-corrected chi connectivity index (χ4v) is 4.95. The van der Waals surface area contributed by atoms with Gasteiger partial charge in [-0.2, -0.15) is 0 Å². The van der Waals surface area contributed by atoms with Crippen molar-refractivity contribution in [1.82, 2.24) is 4.90 Å². The van der Waals surface area contributed by atoms with Crippen LogP contribution < -0.4 is 9.46 Å². The lowest BCUT2D eigenvalue weighted by atomic mass is 10.1. The number of anilines is 1. The van der Waals surface area contributed by atoms with Gasteiger partial charge in [-0.1, -0.05) is 72.3 Å². The van der Waals surface area contributed by atoms with Crippen LogP contribution in [0.25, 0.3) is 0 Å². The van der Waals surface area contributed by atoms with Crippen LogP contribution in [0.3, 0.4) is 0 Å². The number of carbonyl (C=O) groups excluding carboxylic acids is 1. The molecule has 0 fully saturated rings. The van der Waals surface area contributed by atoms with Gasteiger partial charge in [0.25, 0.3) is 15.9 Å². The van der Waals surface area contributed by atoms with Crippen molar-refractivity contribution in [2.75, 3.05) is 11.3 Å². The van der Waals surface area contributed by atoms with Crippen molar-refractivity contribution in [3.05, 3.63) is 125 Å². The van der Waals surface area contributed by atoms with Gasteiger partial charge in [0.05, 0.1) is 9.92 Å². The Hall–Kier alpha value is -3.88. The molecule has 4 aromatic rings. The third kappa shape index (κ3) is 7.31. The summed E-state index contributed by atoms with van der Waals surface area (Å²) in [6, 6.07) is 28.2. The number of carbonyl (C=O) groups is 1. The molecule has 0 atom stereocenters. The molecule has 4 rings (SSSR count). The first-order valence-electron chi connectivity index (χ1n) is 11.4. The summed E-state index contributed by atoms with van der Waals surface area (Å²) in [6.45, 7) is 0.523. The van der Waals surface area contributed by atoms with E-state index in [-0.39, 0.29) is 33.9 Å². The van der Waals surface area contributed by atoms with Crippen LogP contribution in [0.4, 0.5) is 10.1 Å². The van der Waals surface area contributed by atoms with E-state index in [0.29, 0.717) is 13.1 Å². The number of sulfonamides is 1. The molecular formula is C28H24ClFN2O4S. The number of ether oxygens (including phenoxy) is 1. The average Bonchev–Trinajstić information content (AvgIpc) is 2.90. The van der Waals surface area contributed by atoms with E-state index >= 15 is 0 Å². The van der Waals surface area contributed by atoms with Gasteiger partial charge in [0.2, 0.25) is 0 Å². The molecule has 37 heavy (non-hydrogen) atoms. The van der Waals surface area contributed by atoms with Gasteiger partial charge in [-0.15, -0.1) is 0 Å². The Balaban J connectivity index is 1.44. The molecule has 0 spiro atoms. The molecule has 0 aromatic heterocycles. The number of rotatable bonds is 10. The van der Waals surface area contributed by atoms with E-state index in [0.717, 1.165) is 23.3 Å². The average molecular weight is 539 g/mol. The molecule has 9 heteroatoms. The van der Waals surface area contributed by atoms with Gasteiger partial charge in [-0.05, 0) is 53.6 Å². The molecule has 4 aromatic carbocycles. The Labute approximate surface area is 220 Å². The number of benzene rings is 4. The second-order valence-corrected chi connectivity index (χ2v) is 10.3. The lowest BCUT2D eigenvalue weighted by molar-refractivity contribution is -0.134. The molecule has 190 valence electrons. The van der Waals surface area contributed by atoms with E-state index < -0.39 is 15.8 Å². The Bertz CT molecular complexity index is 1410. The Kier molecular flexibility index (Phi) is 8.43. The van der Waals surface area contributed by atoms with Gasteiger partial charge in [0.1, 0.15) is 11.6 Å². The molecule has 0 unspecified atom stereocenters. The minimum Gasteiger partial charge on any atom is -0.482 e. The van der Waals surface area contributed by atoms with Crippen LogP contribution >= 0.6 is 11.6 Å². The predicted octanol–water partition coefficient (Wildman–Crippen LogP) is 5.89. The van der Waals surface area contributed by atoms with Crippen LogP contribution in [0.1, 0.15) is 11.1 Å². The summed E-state index contributed by atoms with van der Waals surface area (Å²) >= 11 is 6.29. The van der Waals surface area contributed by atoms with E-state index in [1.807, 2.05) is 60.7 Å². The lowest BCUT2D eigenvalue weighted by Crippen LogP contribution is -2.34. The lowest BCUT2D eigenvalue weighted by Gasteiger charge is -2.23. The molecule has 0 radical (unpaired) electrons. The zero-order valence-electron chi connectivity index (χ0n) is 19.7. The largest absolute Gasteiger partial charge is 0.482 e. The molecular weight excluding hydrogens is 515 g/mol. The van der Waals surface area contributed by atoms with E-state index in [1.54, 1.807) is 4.90 Å². The van der Waals surface area contributed by atoms with E-state index in [9.17, 15) is 17.6 Å². The third-order valence-electron chi connectivity index (χ3n) is 5.45. The second kappa shape index (κ2) is 11.9. The first-order chi connectivity index (χ1) is 17.8. The Morgan fingerprint density at radius 3 is 1.95 bits per heavy atom. The van der Waals surface area contributed by atoms with Gasteiger partial charge in [0.15, 0.2) is 6.61 Å². The molecule has 0 heterocycles. The van der Waals surface area contributed by atoms with Crippen molar-refractivity contribution in [3.8, 4) is 5.75 Å². The van der Waals surface area contributed by atoms with Gasteiger partial charge in [-0.25, -0.2) is 12.8 Å². The van der Waals surface area contributed by atoms with E-state index in [1.165, 1.54) is 30.3 Å². The summed E-state index contributed by atoms with van der Waals surface area (Å²) in [4.78, 5) is 14.7. The number of hydrogen-bond donors (Lipinski definition) is 1. The molecule has 0 bridgehead atoms. The highest BCUT2D eigenvalue weighted by Gasteiger charge is 2.19. The summed E-state index contributed by atoms with van der Waals surface area (Å²) in [5.41, 5.74) is 2.17. The maximum Gasteiger partial charge on any atom is 0.261 e. The van der Waals surface area contributed by atoms with Crippen molar-refractivity contribution in [3.63, 3.8) is 0 Å². The highest BCUT2D eigenvalue weighted by Crippen LogP contribution is 2.28. The van der Waals surface area contributed by atoms with Crippen LogP contribution in [0.2, 0.25) is 5.02 Å². The number of nitrogens with one attached hydrogen (secondary N) is 1. The summed E-state index contributed by atoms with van der Waals surface area (Å²) in [5.74, 6) is -0.554. The maximum absolute atomic E-state index is 13.1. The van der Waals surface area contributed by atoms with Crippen LogP contribution in [-0.4, -0.2) is 25.8 Å². The quantitative estimate of drug-likeness (QED) is 0.273. The topological polar surface area (TPSA) is 75.7 Å². The summed E-state index contributed by atoms with van der Waals surface area (Å²) in [6.07, 6.45) is 0. The first-order valence-corrected chi connectivity index (χ1v) is 13.2. The number of halogens is 2. The zero-order chi connectivity index (χ0) is 26.3. The maximum atomic E-state index is 13.1. The van der Waals surface area contributed by atoms with Gasteiger partial charge in [0, 0.05) is 18.8 Å². The first kappa shape index (κ1) is 26.2. The summed E-state index contributed by atoms with van der Waals surface area (Å²) in [7, 11) is -3.97. The van der Waals surface area contributed by atoms with E-state index in [4.69, 9.17) is 16.3 Å². The summed E-state index contributed by atoms with van der Waals surface area (Å²) in [5, 5.41) is 0.0347. The standard InChI is InChI=1S/C28H24ClFN2O4S/c29-26-17-25(37(34,35)31-24-13-11-23(30)12-14-24)15-16-27(26)36-20-28(33)32(18-21-7-3-1-4-8-21)19-22-9-5-2-6-10-22/h1-17,31H,18-20H2.